The zero-order valence-corrected chi connectivity index (χ0v) is 21.9. The number of nitriles is 1. The van der Waals surface area contributed by atoms with E-state index < -0.39 is 18.6 Å². The minimum Gasteiger partial charge on any atom is -0.345 e. The number of likely N-dealkylation sites (tertiary alicyclic amines) is 1. The number of aromatic nitrogens is 2. The molecule has 1 aromatic heterocycles. The number of imidazole rings is 1. The molecule has 1 aromatic rings. The molecule has 0 saturated carbocycles. The Bertz CT molecular complexity index is 874. The van der Waals surface area contributed by atoms with Crippen LogP contribution in [-0.2, 0) is 27.3 Å². The molecule has 0 aliphatic carbocycles. The second-order valence-corrected chi connectivity index (χ2v) is 10.4. The number of nitrogens with zero attached hydrogens (tertiary/aromatic N) is 4. The van der Waals surface area contributed by atoms with Gasteiger partial charge in [-0.25, -0.2) is 9.37 Å². The summed E-state index contributed by atoms with van der Waals surface area (Å²) in [5.41, 5.74) is 0.902. The molecule has 1 fully saturated rings. The molecular weight excluding hydrogens is 451 g/mol. The van der Waals surface area contributed by atoms with Crippen molar-refractivity contribution in [3.8, 4) is 6.07 Å². The summed E-state index contributed by atoms with van der Waals surface area (Å²) in [6.07, 6.45) is 5.45. The maximum absolute atomic E-state index is 11.9. The van der Waals surface area contributed by atoms with Gasteiger partial charge in [-0.3, -0.25) is 14.4 Å². The Morgan fingerprint density at radius 1 is 1.34 bits per heavy atom. The average Bonchev–Trinajstić information content (AvgIpc) is 3.35. The zero-order valence-electron chi connectivity index (χ0n) is 21.9. The van der Waals surface area contributed by atoms with Crippen molar-refractivity contribution in [2.45, 2.75) is 73.4 Å². The van der Waals surface area contributed by atoms with Crippen LogP contribution in [0, 0.1) is 28.6 Å². The van der Waals surface area contributed by atoms with Crippen LogP contribution in [0.3, 0.4) is 0 Å². The van der Waals surface area contributed by atoms with E-state index in [0.29, 0.717) is 25.4 Å². The Kier molecular flexibility index (Phi) is 12.4. The largest absolute Gasteiger partial charge is 0.345 e. The molecule has 0 radical (unpaired) electrons. The van der Waals surface area contributed by atoms with Gasteiger partial charge in [-0.15, -0.1) is 0 Å². The van der Waals surface area contributed by atoms with Crippen molar-refractivity contribution < 1.29 is 18.8 Å². The lowest BCUT2D eigenvalue weighted by Gasteiger charge is -2.22. The number of nitrogens with one attached hydrogen (secondary N) is 2. The molecule has 0 bridgehead atoms. The molecule has 2 N–H and O–H groups in total. The number of fused-ring (bicyclic) bond motifs is 1. The highest BCUT2D eigenvalue weighted by molar-refractivity contribution is 5.85. The molecule has 3 amide bonds. The average molecular weight is 493 g/mol. The van der Waals surface area contributed by atoms with Crippen LogP contribution in [-0.4, -0.2) is 59.0 Å². The second-order valence-electron chi connectivity index (χ2n) is 10.4. The van der Waals surface area contributed by atoms with Crippen LogP contribution < -0.4 is 10.6 Å². The van der Waals surface area contributed by atoms with E-state index in [0.717, 1.165) is 43.2 Å². The van der Waals surface area contributed by atoms with E-state index >= 15 is 0 Å². The topological polar surface area (TPSA) is 120 Å². The first-order chi connectivity index (χ1) is 16.5. The van der Waals surface area contributed by atoms with Gasteiger partial charge in [-0.1, -0.05) is 41.5 Å². The number of carbonyl (C=O) groups is 3. The fraction of sp³-hybridized carbons (Fsp3) is 0.720. The van der Waals surface area contributed by atoms with E-state index in [9.17, 15) is 18.8 Å². The SMILES string of the molecule is CC(C)C.C[C@H]1CN(C(=O)CNC(=O)CF)CC1(C)C.N#CC(NC=O)c1cnc2n1CCCC2. The van der Waals surface area contributed by atoms with Gasteiger partial charge >= 0.3 is 0 Å². The molecule has 9 nitrogen and oxygen atoms in total. The summed E-state index contributed by atoms with van der Waals surface area (Å²) >= 11 is 0. The van der Waals surface area contributed by atoms with Gasteiger partial charge in [-0.2, -0.15) is 5.26 Å². The molecule has 0 spiro atoms. The summed E-state index contributed by atoms with van der Waals surface area (Å²) in [6.45, 7) is 13.9. The van der Waals surface area contributed by atoms with E-state index in [1.54, 1.807) is 11.1 Å². The predicted octanol–water partition coefficient (Wildman–Crippen LogP) is 2.77. The Labute approximate surface area is 208 Å². The molecule has 10 heteroatoms. The molecule has 3 rings (SSSR count). The monoisotopic (exact) mass is 492 g/mol. The van der Waals surface area contributed by atoms with Gasteiger partial charge in [0, 0.05) is 26.1 Å². The first-order valence-electron chi connectivity index (χ1n) is 12.2. The number of rotatable bonds is 6. The van der Waals surface area contributed by atoms with Crippen molar-refractivity contribution in [3.05, 3.63) is 17.7 Å². The van der Waals surface area contributed by atoms with Gasteiger partial charge in [0.25, 0.3) is 5.91 Å². The Morgan fingerprint density at radius 3 is 2.51 bits per heavy atom. The molecule has 2 aliphatic heterocycles. The van der Waals surface area contributed by atoms with Crippen molar-refractivity contribution >= 4 is 18.2 Å². The lowest BCUT2D eigenvalue weighted by atomic mass is 9.84. The Balaban J connectivity index is 0.000000304. The summed E-state index contributed by atoms with van der Waals surface area (Å²) in [4.78, 5) is 38.7. The number of halogens is 1. The first-order valence-corrected chi connectivity index (χ1v) is 12.2. The van der Waals surface area contributed by atoms with E-state index in [4.69, 9.17) is 5.26 Å². The lowest BCUT2D eigenvalue weighted by molar-refractivity contribution is -0.132. The van der Waals surface area contributed by atoms with Gasteiger partial charge in [0.1, 0.15) is 5.82 Å². The van der Waals surface area contributed by atoms with Gasteiger partial charge < -0.3 is 20.1 Å². The fourth-order valence-electron chi connectivity index (χ4n) is 3.74. The Hall–Kier alpha value is -2.96. The molecule has 3 heterocycles. The van der Waals surface area contributed by atoms with Crippen LogP contribution in [0.2, 0.25) is 0 Å². The van der Waals surface area contributed by atoms with Crippen LogP contribution in [0.25, 0.3) is 0 Å². The second kappa shape index (κ2) is 14.4. The molecule has 2 aliphatic rings. The third kappa shape index (κ3) is 9.67. The van der Waals surface area contributed by atoms with Gasteiger partial charge in [0.05, 0.1) is 24.5 Å². The molecule has 35 heavy (non-hydrogen) atoms. The summed E-state index contributed by atoms with van der Waals surface area (Å²) in [5, 5.41) is 13.6. The van der Waals surface area contributed by atoms with Crippen molar-refractivity contribution in [3.63, 3.8) is 0 Å². The van der Waals surface area contributed by atoms with Crippen molar-refractivity contribution in [1.29, 1.82) is 5.26 Å². The van der Waals surface area contributed by atoms with Gasteiger partial charge in [0.15, 0.2) is 12.7 Å². The molecular formula is C25H41FN6O3. The van der Waals surface area contributed by atoms with E-state index in [1.807, 2.05) is 4.57 Å². The van der Waals surface area contributed by atoms with Crippen LogP contribution in [0.1, 0.15) is 71.9 Å². The predicted molar refractivity (Wildman–Crippen MR) is 132 cm³/mol. The van der Waals surface area contributed by atoms with Crippen LogP contribution in [0.5, 0.6) is 0 Å². The zero-order chi connectivity index (χ0) is 26.6. The normalized spacial score (nSPS) is 18.6. The highest BCUT2D eigenvalue weighted by atomic mass is 19.1. The fourth-order valence-corrected chi connectivity index (χ4v) is 3.74. The first kappa shape index (κ1) is 30.1. The maximum atomic E-state index is 11.9. The molecule has 196 valence electrons. The van der Waals surface area contributed by atoms with Crippen molar-refractivity contribution in [2.24, 2.45) is 17.3 Å². The lowest BCUT2D eigenvalue weighted by Crippen LogP contribution is -2.40. The maximum Gasteiger partial charge on any atom is 0.251 e. The number of aryl methyl sites for hydroxylation is 1. The van der Waals surface area contributed by atoms with E-state index in [1.165, 1.54) is 0 Å². The molecule has 0 aromatic carbocycles. The van der Waals surface area contributed by atoms with E-state index in [2.05, 4.69) is 63.2 Å². The summed E-state index contributed by atoms with van der Waals surface area (Å²) in [7, 11) is 0. The minimum absolute atomic E-state index is 0.106. The number of hydrogen-bond donors (Lipinski definition) is 2. The van der Waals surface area contributed by atoms with Crippen molar-refractivity contribution in [1.82, 2.24) is 25.1 Å². The smallest absolute Gasteiger partial charge is 0.251 e. The molecule has 2 atom stereocenters. The summed E-state index contributed by atoms with van der Waals surface area (Å²) < 4.78 is 13.9. The summed E-state index contributed by atoms with van der Waals surface area (Å²) in [5.74, 6) is 1.41. The Morgan fingerprint density at radius 2 is 2.00 bits per heavy atom. The summed E-state index contributed by atoms with van der Waals surface area (Å²) in [6, 6.07) is 1.47. The number of hydrogen-bond acceptors (Lipinski definition) is 5. The third-order valence-electron chi connectivity index (χ3n) is 6.00. The third-order valence-corrected chi connectivity index (χ3v) is 6.00. The van der Waals surface area contributed by atoms with Crippen LogP contribution in [0.15, 0.2) is 6.20 Å². The van der Waals surface area contributed by atoms with Crippen molar-refractivity contribution in [2.75, 3.05) is 26.3 Å². The highest BCUT2D eigenvalue weighted by Crippen LogP contribution is 2.34. The number of carbonyl (C=O) groups excluding carboxylic acids is 3. The minimum atomic E-state index is -1.07. The highest BCUT2D eigenvalue weighted by Gasteiger charge is 2.38. The van der Waals surface area contributed by atoms with E-state index in [-0.39, 0.29) is 17.9 Å². The molecule has 1 unspecified atom stereocenters. The molecule has 1 saturated heterocycles. The standard InChI is InChI=1S/C11H19FN2O2.C10H12N4O.C4H10/c1-8-6-14(7-11(8,2)3)10(16)5-13-9(15)4-12;11-5-8(13-7-15)9-6-12-10-3-1-2-4-14(9)10;1-4(2)3/h8H,4-7H2,1-3H3,(H,13,15);6-8H,1-4H2,(H,13,15);4H,1-3H3/t8-;;/m0../s1. The number of amides is 3. The quantitative estimate of drug-likeness (QED) is 0.592. The number of alkyl halides is 1. The van der Waals surface area contributed by atoms with Gasteiger partial charge in [0.2, 0.25) is 12.3 Å². The van der Waals surface area contributed by atoms with Crippen LogP contribution in [0.4, 0.5) is 4.39 Å². The van der Waals surface area contributed by atoms with Gasteiger partial charge in [-0.05, 0) is 30.1 Å². The van der Waals surface area contributed by atoms with Crippen LogP contribution >= 0.6 is 0 Å².